The zero-order valence-electron chi connectivity index (χ0n) is 13.3. The minimum absolute atomic E-state index is 0.134. The Morgan fingerprint density at radius 1 is 1.22 bits per heavy atom. The third-order valence-electron chi connectivity index (χ3n) is 3.26. The first kappa shape index (κ1) is 17.9. The van der Waals surface area contributed by atoms with Gasteiger partial charge in [0.05, 0.1) is 6.61 Å². The van der Waals surface area contributed by atoms with Crippen LogP contribution in [-0.4, -0.2) is 47.8 Å². The van der Waals surface area contributed by atoms with E-state index in [0.29, 0.717) is 6.04 Å². The van der Waals surface area contributed by atoms with E-state index in [9.17, 15) is 5.11 Å². The zero-order valence-corrected chi connectivity index (χ0v) is 13.3. The molecule has 0 aliphatic rings. The number of rotatable bonds is 10. The third-order valence-corrected chi connectivity index (χ3v) is 3.26. The molecule has 0 spiro atoms. The molecule has 3 heteroatoms. The van der Waals surface area contributed by atoms with E-state index in [1.54, 1.807) is 0 Å². The van der Waals surface area contributed by atoms with E-state index >= 15 is 0 Å². The van der Waals surface area contributed by atoms with Crippen molar-refractivity contribution in [3.63, 3.8) is 0 Å². The molecule has 1 atom stereocenters. The number of nitrogens with zero attached hydrogens (tertiary/aromatic N) is 1. The van der Waals surface area contributed by atoms with Gasteiger partial charge in [0.25, 0.3) is 0 Å². The normalized spacial score (nSPS) is 15.7. The van der Waals surface area contributed by atoms with Crippen LogP contribution in [0.5, 0.6) is 0 Å². The Bertz CT molecular complexity index is 207. The molecule has 0 fully saturated rings. The van der Waals surface area contributed by atoms with Crippen LogP contribution in [0.15, 0.2) is 0 Å². The van der Waals surface area contributed by atoms with Crippen molar-refractivity contribution in [1.29, 1.82) is 0 Å². The minimum atomic E-state index is -0.134. The molecule has 110 valence electrons. The fourth-order valence-electron chi connectivity index (χ4n) is 2.48. The maximum atomic E-state index is 9.53. The van der Waals surface area contributed by atoms with Gasteiger partial charge < -0.3 is 15.3 Å². The zero-order chi connectivity index (χ0) is 14.2. The first-order valence-electron chi connectivity index (χ1n) is 7.44. The van der Waals surface area contributed by atoms with Gasteiger partial charge in [0.2, 0.25) is 0 Å². The van der Waals surface area contributed by atoms with Gasteiger partial charge in [0, 0.05) is 18.1 Å². The Balaban J connectivity index is 4.04. The van der Waals surface area contributed by atoms with Gasteiger partial charge in [-0.25, -0.2) is 0 Å². The highest BCUT2D eigenvalue weighted by atomic mass is 16.3. The van der Waals surface area contributed by atoms with Crippen LogP contribution in [0.3, 0.4) is 0 Å². The highest BCUT2D eigenvalue weighted by molar-refractivity contribution is 4.84. The van der Waals surface area contributed by atoms with E-state index < -0.39 is 0 Å². The van der Waals surface area contributed by atoms with Crippen molar-refractivity contribution >= 4 is 0 Å². The summed E-state index contributed by atoms with van der Waals surface area (Å²) >= 11 is 0. The van der Waals surface area contributed by atoms with Crippen LogP contribution >= 0.6 is 0 Å². The molecule has 0 amide bonds. The highest BCUT2D eigenvalue weighted by Crippen LogP contribution is 2.13. The van der Waals surface area contributed by atoms with Crippen LogP contribution in [0.25, 0.3) is 0 Å². The molecule has 1 unspecified atom stereocenters. The summed E-state index contributed by atoms with van der Waals surface area (Å²) in [6.45, 7) is 16.8. The summed E-state index contributed by atoms with van der Waals surface area (Å²) in [5, 5.41) is 13.0. The Hall–Kier alpha value is -0.120. The van der Waals surface area contributed by atoms with Crippen molar-refractivity contribution in [3.05, 3.63) is 0 Å². The Morgan fingerprint density at radius 2 is 1.83 bits per heavy atom. The molecular weight excluding hydrogens is 224 g/mol. The molecule has 0 aromatic heterocycles. The lowest BCUT2D eigenvalue weighted by Gasteiger charge is -2.32. The van der Waals surface area contributed by atoms with E-state index in [-0.39, 0.29) is 12.1 Å². The quantitative estimate of drug-likeness (QED) is 0.632. The third kappa shape index (κ3) is 8.06. The second kappa shape index (κ2) is 8.89. The first-order chi connectivity index (χ1) is 8.33. The van der Waals surface area contributed by atoms with Crippen molar-refractivity contribution in [2.75, 3.05) is 26.2 Å². The van der Waals surface area contributed by atoms with Gasteiger partial charge in [-0.3, -0.25) is 0 Å². The fraction of sp³-hybridized carbons (Fsp3) is 1.00. The van der Waals surface area contributed by atoms with E-state index in [2.05, 4.69) is 51.8 Å². The summed E-state index contributed by atoms with van der Waals surface area (Å²) in [6.07, 6.45) is 2.16. The van der Waals surface area contributed by atoms with Gasteiger partial charge in [-0.1, -0.05) is 34.6 Å². The lowest BCUT2D eigenvalue weighted by atomic mass is 9.95. The monoisotopic (exact) mass is 258 g/mol. The van der Waals surface area contributed by atoms with Crippen LogP contribution in [0.2, 0.25) is 0 Å². The summed E-state index contributed by atoms with van der Waals surface area (Å²) in [6, 6.07) is 0.417. The molecule has 0 aliphatic carbocycles. The van der Waals surface area contributed by atoms with Gasteiger partial charge in [-0.15, -0.1) is 0 Å². The largest absolute Gasteiger partial charge is 0.394 e. The molecular formula is C15H34N2O. The van der Waals surface area contributed by atoms with Gasteiger partial charge in [-0.05, 0) is 38.8 Å². The summed E-state index contributed by atoms with van der Waals surface area (Å²) < 4.78 is 0. The van der Waals surface area contributed by atoms with E-state index in [1.807, 2.05) is 0 Å². The lowest BCUT2D eigenvalue weighted by molar-refractivity contribution is 0.147. The molecule has 0 radical (unpaired) electrons. The number of hydrogen-bond donors (Lipinski definition) is 2. The van der Waals surface area contributed by atoms with Crippen LogP contribution in [-0.2, 0) is 0 Å². The second-order valence-corrected chi connectivity index (χ2v) is 6.41. The van der Waals surface area contributed by atoms with Crippen molar-refractivity contribution < 1.29 is 5.11 Å². The standard InChI is InChI=1S/C15H34N2O/c1-7-17(11-13(2)3)10-8-9-15(6,12-18)16-14(4)5/h13-14,16,18H,7-12H2,1-6H3. The molecule has 0 aromatic rings. The molecule has 0 saturated carbocycles. The SMILES string of the molecule is CCN(CCCC(C)(CO)NC(C)C)CC(C)C. The molecule has 0 heterocycles. The maximum Gasteiger partial charge on any atom is 0.0610 e. The second-order valence-electron chi connectivity index (χ2n) is 6.41. The van der Waals surface area contributed by atoms with Gasteiger partial charge in [-0.2, -0.15) is 0 Å². The van der Waals surface area contributed by atoms with Crippen LogP contribution in [0, 0.1) is 5.92 Å². The molecule has 0 saturated heterocycles. The van der Waals surface area contributed by atoms with Crippen molar-refractivity contribution in [3.8, 4) is 0 Å². The fourth-order valence-corrected chi connectivity index (χ4v) is 2.48. The number of aliphatic hydroxyl groups is 1. The van der Waals surface area contributed by atoms with Crippen LogP contribution < -0.4 is 5.32 Å². The maximum absolute atomic E-state index is 9.53. The number of aliphatic hydroxyl groups excluding tert-OH is 1. The average Bonchev–Trinajstić information content (AvgIpc) is 2.26. The van der Waals surface area contributed by atoms with E-state index in [0.717, 1.165) is 31.8 Å². The summed E-state index contributed by atoms with van der Waals surface area (Å²) in [7, 11) is 0. The summed E-state index contributed by atoms with van der Waals surface area (Å²) in [5.41, 5.74) is -0.134. The smallest absolute Gasteiger partial charge is 0.0610 e. The Kier molecular flexibility index (Phi) is 8.83. The van der Waals surface area contributed by atoms with Gasteiger partial charge in [0.15, 0.2) is 0 Å². The van der Waals surface area contributed by atoms with Gasteiger partial charge >= 0.3 is 0 Å². The molecule has 0 rings (SSSR count). The first-order valence-corrected chi connectivity index (χ1v) is 7.44. The van der Waals surface area contributed by atoms with E-state index in [4.69, 9.17) is 0 Å². The molecule has 0 bridgehead atoms. The van der Waals surface area contributed by atoms with E-state index in [1.165, 1.54) is 6.54 Å². The molecule has 0 aliphatic heterocycles. The average molecular weight is 258 g/mol. The van der Waals surface area contributed by atoms with Crippen molar-refractivity contribution in [2.24, 2.45) is 5.92 Å². The Morgan fingerprint density at radius 3 is 2.22 bits per heavy atom. The topological polar surface area (TPSA) is 35.5 Å². The van der Waals surface area contributed by atoms with Crippen molar-refractivity contribution in [1.82, 2.24) is 10.2 Å². The minimum Gasteiger partial charge on any atom is -0.394 e. The number of nitrogens with one attached hydrogen (secondary N) is 1. The highest BCUT2D eigenvalue weighted by Gasteiger charge is 2.23. The molecule has 2 N–H and O–H groups in total. The number of hydrogen-bond acceptors (Lipinski definition) is 3. The molecule has 0 aromatic carbocycles. The molecule has 18 heavy (non-hydrogen) atoms. The van der Waals surface area contributed by atoms with Crippen LogP contribution in [0.4, 0.5) is 0 Å². The lowest BCUT2D eigenvalue weighted by Crippen LogP contribution is -2.49. The Labute approximate surface area is 114 Å². The predicted molar refractivity (Wildman–Crippen MR) is 79.9 cm³/mol. The summed E-state index contributed by atoms with van der Waals surface area (Å²) in [4.78, 5) is 2.50. The molecule has 3 nitrogen and oxygen atoms in total. The van der Waals surface area contributed by atoms with Crippen molar-refractivity contribution in [2.45, 2.75) is 66.0 Å². The van der Waals surface area contributed by atoms with Crippen LogP contribution in [0.1, 0.15) is 54.4 Å². The summed E-state index contributed by atoms with van der Waals surface area (Å²) in [5.74, 6) is 0.725. The van der Waals surface area contributed by atoms with Gasteiger partial charge in [0.1, 0.15) is 0 Å². The predicted octanol–water partition coefficient (Wildman–Crippen LogP) is 2.49.